The smallest absolute Gasteiger partial charge is 0.343 e. The fourth-order valence-corrected chi connectivity index (χ4v) is 3.93. The van der Waals surface area contributed by atoms with Gasteiger partial charge in [-0.05, 0) is 83.7 Å². The maximum Gasteiger partial charge on any atom is 0.343 e. The van der Waals surface area contributed by atoms with E-state index in [2.05, 4.69) is 31.8 Å². The highest BCUT2D eigenvalue weighted by molar-refractivity contribution is 9.10. The lowest BCUT2D eigenvalue weighted by Gasteiger charge is -2.10. The van der Waals surface area contributed by atoms with Crippen molar-refractivity contribution in [2.45, 2.75) is 32.6 Å². The van der Waals surface area contributed by atoms with Gasteiger partial charge in [0.1, 0.15) is 0 Å². The number of benzene rings is 3. The van der Waals surface area contributed by atoms with Crippen LogP contribution in [0.3, 0.4) is 0 Å². The van der Waals surface area contributed by atoms with Gasteiger partial charge in [-0.15, -0.1) is 0 Å². The molecule has 0 aliphatic rings. The van der Waals surface area contributed by atoms with E-state index in [-0.39, 0.29) is 17.6 Å². The number of hydrogen-bond donors (Lipinski definition) is 2. The monoisotopic (exact) mass is 579 g/mol. The van der Waals surface area contributed by atoms with Crippen LogP contribution in [0.1, 0.15) is 57.5 Å². The van der Waals surface area contributed by atoms with E-state index in [1.165, 1.54) is 13.3 Å². The number of amides is 2. The van der Waals surface area contributed by atoms with Crippen molar-refractivity contribution in [1.82, 2.24) is 10.7 Å². The molecular formula is C29H30BrN3O5. The van der Waals surface area contributed by atoms with E-state index in [1.807, 2.05) is 37.3 Å². The highest BCUT2D eigenvalue weighted by Gasteiger charge is 2.13. The molecule has 0 aliphatic carbocycles. The third kappa shape index (κ3) is 8.85. The summed E-state index contributed by atoms with van der Waals surface area (Å²) < 4.78 is 11.6. The van der Waals surface area contributed by atoms with Crippen LogP contribution in [-0.2, 0) is 4.79 Å². The van der Waals surface area contributed by atoms with Gasteiger partial charge >= 0.3 is 5.97 Å². The number of nitrogens with one attached hydrogen (secondary N) is 2. The number of ether oxygens (including phenoxy) is 2. The SMILES string of the molecule is COc1cc(C=NNC(=O)CCCCCNC(=O)c2ccccc2Br)ccc1OC(=O)c1ccc(C)cc1. The van der Waals surface area contributed by atoms with Gasteiger partial charge in [-0.2, -0.15) is 5.10 Å². The molecule has 3 aromatic rings. The first kappa shape index (κ1) is 28.6. The van der Waals surface area contributed by atoms with E-state index in [0.717, 1.165) is 22.9 Å². The number of carbonyl (C=O) groups excluding carboxylic acids is 3. The van der Waals surface area contributed by atoms with Crippen LogP contribution < -0.4 is 20.2 Å². The summed E-state index contributed by atoms with van der Waals surface area (Å²) in [6, 6.07) is 19.3. The Morgan fingerprint density at radius 3 is 2.45 bits per heavy atom. The van der Waals surface area contributed by atoms with Gasteiger partial charge in [0.15, 0.2) is 11.5 Å². The Bertz CT molecular complexity index is 1290. The minimum absolute atomic E-state index is 0.126. The molecule has 0 aromatic heterocycles. The number of esters is 1. The summed E-state index contributed by atoms with van der Waals surface area (Å²) in [5.74, 6) is -0.157. The number of unbranched alkanes of at least 4 members (excludes halogenated alkanes) is 2. The highest BCUT2D eigenvalue weighted by atomic mass is 79.9. The molecule has 0 unspecified atom stereocenters. The maximum atomic E-state index is 12.4. The van der Waals surface area contributed by atoms with Crippen LogP contribution in [0.25, 0.3) is 0 Å². The minimum Gasteiger partial charge on any atom is -0.493 e. The van der Waals surface area contributed by atoms with Gasteiger partial charge in [-0.1, -0.05) is 36.2 Å². The molecule has 0 atom stereocenters. The van der Waals surface area contributed by atoms with E-state index in [4.69, 9.17) is 9.47 Å². The summed E-state index contributed by atoms with van der Waals surface area (Å²) in [4.78, 5) is 36.6. The number of aryl methyl sites for hydroxylation is 1. The summed E-state index contributed by atoms with van der Waals surface area (Å²) in [6.07, 6.45) is 4.07. The molecule has 0 spiro atoms. The number of nitrogens with zero attached hydrogens (tertiary/aromatic N) is 1. The lowest BCUT2D eigenvalue weighted by Crippen LogP contribution is -2.24. The average Bonchev–Trinajstić information content (AvgIpc) is 2.91. The molecule has 3 rings (SSSR count). The van der Waals surface area contributed by atoms with Crippen molar-refractivity contribution in [1.29, 1.82) is 0 Å². The van der Waals surface area contributed by atoms with E-state index in [0.29, 0.717) is 41.8 Å². The molecular weight excluding hydrogens is 550 g/mol. The Morgan fingerprint density at radius 2 is 1.71 bits per heavy atom. The molecule has 198 valence electrons. The molecule has 0 saturated heterocycles. The van der Waals surface area contributed by atoms with Crippen molar-refractivity contribution in [3.05, 3.63) is 93.5 Å². The maximum absolute atomic E-state index is 12.4. The van der Waals surface area contributed by atoms with Crippen LogP contribution >= 0.6 is 15.9 Å². The predicted octanol–water partition coefficient (Wildman–Crippen LogP) is 5.43. The number of methoxy groups -OCH3 is 1. The normalized spacial score (nSPS) is 10.7. The molecule has 2 N–H and O–H groups in total. The fraction of sp³-hybridized carbons (Fsp3) is 0.241. The molecule has 8 nitrogen and oxygen atoms in total. The van der Waals surface area contributed by atoms with Crippen molar-refractivity contribution < 1.29 is 23.9 Å². The Hall–Kier alpha value is -3.98. The third-order valence-corrected chi connectivity index (χ3v) is 6.26. The Morgan fingerprint density at radius 1 is 0.947 bits per heavy atom. The highest BCUT2D eigenvalue weighted by Crippen LogP contribution is 2.28. The number of halogens is 1. The summed E-state index contributed by atoms with van der Waals surface area (Å²) >= 11 is 3.37. The van der Waals surface area contributed by atoms with E-state index >= 15 is 0 Å². The Kier molecular flexibility index (Phi) is 11.0. The molecule has 38 heavy (non-hydrogen) atoms. The number of hydrogen-bond acceptors (Lipinski definition) is 6. The van der Waals surface area contributed by atoms with Gasteiger partial charge in [0, 0.05) is 17.4 Å². The first-order chi connectivity index (χ1) is 18.4. The molecule has 0 fully saturated rings. The summed E-state index contributed by atoms with van der Waals surface area (Å²) in [5.41, 5.74) is 5.26. The second-order valence-electron chi connectivity index (χ2n) is 8.51. The van der Waals surface area contributed by atoms with Crippen molar-refractivity contribution in [3.8, 4) is 11.5 Å². The van der Waals surface area contributed by atoms with Crippen LogP contribution in [0, 0.1) is 6.92 Å². The van der Waals surface area contributed by atoms with Gasteiger partial charge in [0.2, 0.25) is 5.91 Å². The lowest BCUT2D eigenvalue weighted by atomic mass is 10.1. The zero-order chi connectivity index (χ0) is 27.3. The fourth-order valence-electron chi connectivity index (χ4n) is 3.46. The number of rotatable bonds is 12. The molecule has 0 aliphatic heterocycles. The van der Waals surface area contributed by atoms with E-state index in [9.17, 15) is 14.4 Å². The molecule has 0 saturated carbocycles. The topological polar surface area (TPSA) is 106 Å². The first-order valence-electron chi connectivity index (χ1n) is 12.2. The summed E-state index contributed by atoms with van der Waals surface area (Å²) in [6.45, 7) is 2.48. The minimum atomic E-state index is -0.483. The van der Waals surface area contributed by atoms with Crippen molar-refractivity contribution in [2.75, 3.05) is 13.7 Å². The Labute approximate surface area is 230 Å². The Balaban J connectivity index is 1.37. The zero-order valence-corrected chi connectivity index (χ0v) is 22.9. The first-order valence-corrected chi connectivity index (χ1v) is 13.0. The van der Waals surface area contributed by atoms with Crippen LogP contribution in [0.5, 0.6) is 11.5 Å². The summed E-state index contributed by atoms with van der Waals surface area (Å²) in [7, 11) is 1.48. The van der Waals surface area contributed by atoms with Gasteiger partial charge in [0.25, 0.3) is 5.91 Å². The standard InChI is InChI=1S/C29H30BrN3O5/c1-20-11-14-22(15-12-20)29(36)38-25-16-13-21(18-26(25)37-2)19-32-33-27(34)10-4-3-7-17-31-28(35)23-8-5-6-9-24(23)30/h5-6,8-9,11-16,18-19H,3-4,7,10,17H2,1-2H3,(H,31,35)(H,33,34). The number of hydrazone groups is 1. The van der Waals surface area contributed by atoms with Crippen molar-refractivity contribution in [2.24, 2.45) is 5.10 Å². The van der Waals surface area contributed by atoms with Gasteiger partial charge < -0.3 is 14.8 Å². The number of carbonyl (C=O) groups is 3. The van der Waals surface area contributed by atoms with E-state index in [1.54, 1.807) is 36.4 Å². The van der Waals surface area contributed by atoms with Crippen molar-refractivity contribution >= 4 is 39.9 Å². The zero-order valence-electron chi connectivity index (χ0n) is 21.3. The van der Waals surface area contributed by atoms with Crippen LogP contribution in [0.15, 0.2) is 76.3 Å². The second kappa shape index (κ2) is 14.7. The molecule has 2 amide bonds. The molecule has 0 bridgehead atoms. The van der Waals surface area contributed by atoms with E-state index < -0.39 is 5.97 Å². The summed E-state index contributed by atoms with van der Waals surface area (Å²) in [5, 5.41) is 6.88. The van der Waals surface area contributed by atoms with Crippen LogP contribution in [0.4, 0.5) is 0 Å². The second-order valence-corrected chi connectivity index (χ2v) is 9.36. The predicted molar refractivity (Wildman–Crippen MR) is 150 cm³/mol. The van der Waals surface area contributed by atoms with Gasteiger partial charge in [-0.25, -0.2) is 10.2 Å². The van der Waals surface area contributed by atoms with Gasteiger partial charge in [-0.3, -0.25) is 9.59 Å². The largest absolute Gasteiger partial charge is 0.493 e. The average molecular weight is 580 g/mol. The molecule has 3 aromatic carbocycles. The van der Waals surface area contributed by atoms with Crippen molar-refractivity contribution in [3.63, 3.8) is 0 Å². The lowest BCUT2D eigenvalue weighted by molar-refractivity contribution is -0.121. The molecule has 0 radical (unpaired) electrons. The third-order valence-electron chi connectivity index (χ3n) is 5.57. The molecule has 0 heterocycles. The van der Waals surface area contributed by atoms with Crippen LogP contribution in [0.2, 0.25) is 0 Å². The molecule has 9 heteroatoms. The quantitative estimate of drug-likeness (QED) is 0.0978. The van der Waals surface area contributed by atoms with Crippen LogP contribution in [-0.4, -0.2) is 37.7 Å². The van der Waals surface area contributed by atoms with Gasteiger partial charge in [0.05, 0.1) is 24.5 Å².